The summed E-state index contributed by atoms with van der Waals surface area (Å²) >= 11 is 0. The first-order valence-corrected chi connectivity index (χ1v) is 14.2. The third-order valence-electron chi connectivity index (χ3n) is 7.07. The zero-order valence-electron chi connectivity index (χ0n) is 24.7. The molecule has 2 fully saturated rings. The zero-order valence-corrected chi connectivity index (χ0v) is 24.7. The fourth-order valence-electron chi connectivity index (χ4n) is 4.88. The molecule has 2 unspecified atom stereocenters. The Morgan fingerprint density at radius 3 is 2.41 bits per heavy atom. The molecule has 2 atom stereocenters. The topological polar surface area (TPSA) is 111 Å². The van der Waals surface area contributed by atoms with Crippen LogP contribution in [0.25, 0.3) is 16.6 Å². The van der Waals surface area contributed by atoms with E-state index in [1.54, 1.807) is 14.0 Å². The number of azo groups is 1. The van der Waals surface area contributed by atoms with E-state index in [0.717, 1.165) is 53.5 Å². The van der Waals surface area contributed by atoms with Gasteiger partial charge in [0.1, 0.15) is 11.9 Å². The number of likely N-dealkylation sites (tertiary alicyclic amines) is 1. The minimum Gasteiger partial charge on any atom is -0.375 e. The highest BCUT2D eigenvalue weighted by Crippen LogP contribution is 2.32. The summed E-state index contributed by atoms with van der Waals surface area (Å²) in [5, 5.41) is 31.6. The van der Waals surface area contributed by atoms with Crippen molar-refractivity contribution in [3.8, 4) is 11.1 Å². The SMILES string of the molecule is CCCF.CN=Nc1ccc(-c2ccn3nc(NC4CCN(C5CCC5)CC4F)nc(C)c23)cc1C.[B]C(C)(O)O. The largest absolute Gasteiger partial charge is 0.375 e. The van der Waals surface area contributed by atoms with Crippen LogP contribution in [0.15, 0.2) is 40.7 Å². The number of hydrogen-bond acceptors (Lipinski definition) is 8. The number of alkyl halides is 2. The molecular formula is C29H42BF2N7O2. The highest BCUT2D eigenvalue weighted by molar-refractivity contribution is 6.12. The van der Waals surface area contributed by atoms with Gasteiger partial charge >= 0.3 is 0 Å². The molecule has 0 amide bonds. The van der Waals surface area contributed by atoms with Crippen LogP contribution >= 0.6 is 0 Å². The molecule has 2 radical (unpaired) electrons. The molecule has 5 rings (SSSR count). The Balaban J connectivity index is 0.000000451. The molecule has 1 aromatic carbocycles. The summed E-state index contributed by atoms with van der Waals surface area (Å²) < 4.78 is 27.5. The van der Waals surface area contributed by atoms with Crippen molar-refractivity contribution in [3.63, 3.8) is 0 Å². The number of benzene rings is 1. The van der Waals surface area contributed by atoms with Crippen LogP contribution in [0.2, 0.25) is 0 Å². The van der Waals surface area contributed by atoms with Crippen molar-refractivity contribution in [1.82, 2.24) is 19.5 Å². The maximum absolute atomic E-state index is 14.9. The smallest absolute Gasteiger partial charge is 0.241 e. The Labute approximate surface area is 242 Å². The second-order valence-electron chi connectivity index (χ2n) is 10.8. The zero-order chi connectivity index (χ0) is 30.2. The van der Waals surface area contributed by atoms with Gasteiger partial charge in [-0.2, -0.15) is 10.2 Å². The summed E-state index contributed by atoms with van der Waals surface area (Å²) in [6.45, 7) is 8.15. The molecule has 1 saturated heterocycles. The first-order valence-electron chi connectivity index (χ1n) is 14.2. The number of fused-ring (bicyclic) bond motifs is 1. The minimum atomic E-state index is -2.00. The third kappa shape index (κ3) is 9.27. The van der Waals surface area contributed by atoms with E-state index in [1.807, 2.05) is 42.8 Å². The molecule has 222 valence electrons. The van der Waals surface area contributed by atoms with Crippen molar-refractivity contribution in [2.75, 3.05) is 32.1 Å². The second kappa shape index (κ2) is 14.8. The third-order valence-corrected chi connectivity index (χ3v) is 7.07. The van der Waals surface area contributed by atoms with Crippen LogP contribution < -0.4 is 5.32 Å². The van der Waals surface area contributed by atoms with E-state index in [2.05, 4.69) is 44.4 Å². The Kier molecular flexibility index (Phi) is 11.7. The van der Waals surface area contributed by atoms with E-state index in [1.165, 1.54) is 19.3 Å². The number of anilines is 1. The van der Waals surface area contributed by atoms with Crippen molar-refractivity contribution in [1.29, 1.82) is 0 Å². The van der Waals surface area contributed by atoms with Gasteiger partial charge in [-0.3, -0.25) is 9.29 Å². The lowest BCUT2D eigenvalue weighted by atomic mass is 9.89. The van der Waals surface area contributed by atoms with Gasteiger partial charge in [0.25, 0.3) is 0 Å². The fourth-order valence-corrected chi connectivity index (χ4v) is 4.88. The van der Waals surface area contributed by atoms with Gasteiger partial charge < -0.3 is 15.5 Å². The van der Waals surface area contributed by atoms with E-state index < -0.39 is 11.9 Å². The van der Waals surface area contributed by atoms with Crippen molar-refractivity contribution in [3.05, 3.63) is 41.7 Å². The van der Waals surface area contributed by atoms with Crippen LogP contribution in [-0.4, -0.2) is 88.3 Å². The summed E-state index contributed by atoms with van der Waals surface area (Å²) in [7, 11) is 6.14. The summed E-state index contributed by atoms with van der Waals surface area (Å²) in [5.74, 6) is 0.483. The molecule has 3 heterocycles. The molecule has 2 aliphatic rings. The normalized spacial score (nSPS) is 19.7. The predicted octanol–water partition coefficient (Wildman–Crippen LogP) is 5.28. The average Bonchev–Trinajstić information content (AvgIpc) is 3.30. The Morgan fingerprint density at radius 2 is 1.88 bits per heavy atom. The Hall–Kier alpha value is -2.96. The molecule has 1 aliphatic heterocycles. The maximum atomic E-state index is 14.9. The molecule has 0 spiro atoms. The maximum Gasteiger partial charge on any atom is 0.241 e. The van der Waals surface area contributed by atoms with Gasteiger partial charge in [0, 0.05) is 37.9 Å². The van der Waals surface area contributed by atoms with Crippen LogP contribution in [-0.2, 0) is 0 Å². The van der Waals surface area contributed by atoms with Crippen LogP contribution in [0.4, 0.5) is 20.4 Å². The quantitative estimate of drug-likeness (QED) is 0.212. The molecule has 41 heavy (non-hydrogen) atoms. The second-order valence-corrected chi connectivity index (χ2v) is 10.8. The number of halogens is 2. The lowest BCUT2D eigenvalue weighted by molar-refractivity contribution is -0.0678. The highest BCUT2D eigenvalue weighted by atomic mass is 19.1. The standard InChI is InChI=1S/C24H30FN7.C3H7F.C2H5BO2/c1-15-13-17(7-8-21(15)29-26-3)19-9-12-32-23(19)16(2)27-24(30-32)28-22-10-11-31(14-20(22)25)18-5-4-6-18;1-2-3-4;1-2(3,4)5/h7-9,12-13,18,20,22H,4-6,10-11,14H2,1-3H3,(H,28,30);2-3H2,1H3;4-5H,1H3. The minimum absolute atomic E-state index is 0.181. The number of aliphatic hydroxyl groups is 2. The van der Waals surface area contributed by atoms with E-state index >= 15 is 0 Å². The van der Waals surface area contributed by atoms with Crippen molar-refractivity contribution in [2.45, 2.75) is 83.7 Å². The summed E-state index contributed by atoms with van der Waals surface area (Å²) in [6, 6.07) is 8.51. The van der Waals surface area contributed by atoms with Crippen LogP contribution in [0, 0.1) is 13.8 Å². The predicted molar refractivity (Wildman–Crippen MR) is 159 cm³/mol. The molecular weight excluding hydrogens is 527 g/mol. The molecule has 3 aromatic rings. The van der Waals surface area contributed by atoms with Crippen LogP contribution in [0.1, 0.15) is 57.2 Å². The van der Waals surface area contributed by atoms with Gasteiger partial charge in [0.05, 0.1) is 29.6 Å². The highest BCUT2D eigenvalue weighted by Gasteiger charge is 2.35. The molecule has 1 aliphatic carbocycles. The summed E-state index contributed by atoms with van der Waals surface area (Å²) in [5.41, 5.74) is 3.89. The van der Waals surface area contributed by atoms with Gasteiger partial charge in [-0.1, -0.05) is 19.4 Å². The lowest BCUT2D eigenvalue weighted by Crippen LogP contribution is -2.53. The van der Waals surface area contributed by atoms with E-state index in [0.29, 0.717) is 25.0 Å². The van der Waals surface area contributed by atoms with E-state index in [9.17, 15) is 8.78 Å². The van der Waals surface area contributed by atoms with Gasteiger partial charge in [-0.05, 0) is 75.8 Å². The first kappa shape index (κ1) is 32.6. The summed E-state index contributed by atoms with van der Waals surface area (Å²) in [6.07, 6.45) is 6.15. The van der Waals surface area contributed by atoms with E-state index in [-0.39, 0.29) is 12.7 Å². The number of nitrogens with one attached hydrogen (secondary N) is 1. The number of rotatable bonds is 6. The number of aryl methyl sites for hydroxylation is 2. The molecule has 9 nitrogen and oxygen atoms in total. The van der Waals surface area contributed by atoms with Crippen LogP contribution in [0.3, 0.4) is 0 Å². The molecule has 2 aromatic heterocycles. The Morgan fingerprint density at radius 1 is 1.20 bits per heavy atom. The Bertz CT molecular complexity index is 1290. The fraction of sp³-hybridized carbons (Fsp3) is 0.586. The van der Waals surface area contributed by atoms with Crippen molar-refractivity contribution in [2.24, 2.45) is 10.2 Å². The lowest BCUT2D eigenvalue weighted by Gasteiger charge is -2.43. The monoisotopic (exact) mass is 569 g/mol. The number of piperidine rings is 1. The van der Waals surface area contributed by atoms with Crippen LogP contribution in [0.5, 0.6) is 0 Å². The number of nitrogens with zero attached hydrogens (tertiary/aromatic N) is 6. The van der Waals surface area contributed by atoms with Gasteiger partial charge in [-0.25, -0.2) is 13.9 Å². The average molecular weight is 570 g/mol. The number of hydrogen-bond donors (Lipinski definition) is 3. The van der Waals surface area contributed by atoms with E-state index in [4.69, 9.17) is 10.2 Å². The molecule has 0 bridgehead atoms. The molecule has 1 saturated carbocycles. The molecule has 3 N–H and O–H groups in total. The van der Waals surface area contributed by atoms with Gasteiger partial charge in [0.15, 0.2) is 7.85 Å². The number of aromatic nitrogens is 3. The van der Waals surface area contributed by atoms with Crippen molar-refractivity contribution >= 4 is 25.0 Å². The van der Waals surface area contributed by atoms with Gasteiger partial charge in [-0.15, -0.1) is 5.10 Å². The van der Waals surface area contributed by atoms with Crippen molar-refractivity contribution < 1.29 is 19.0 Å². The summed E-state index contributed by atoms with van der Waals surface area (Å²) in [4.78, 5) is 7.00. The first-order chi connectivity index (χ1) is 19.4. The van der Waals surface area contributed by atoms with Gasteiger partial charge in [0.2, 0.25) is 5.95 Å². The molecule has 12 heteroatoms.